The molecule has 112 valence electrons. The normalized spacial score (nSPS) is 11.6. The fourth-order valence-electron chi connectivity index (χ4n) is 2.19. The SMILES string of the molecule is Cc1n[nH]c(C)c1C=Cc1nc2ccc(Br)cn2c(=O)c1Cl. The molecule has 0 aliphatic carbocycles. The van der Waals surface area contributed by atoms with E-state index in [9.17, 15) is 4.79 Å². The average molecular weight is 380 g/mol. The molecule has 0 aliphatic rings. The number of hydrogen-bond donors (Lipinski definition) is 1. The molecule has 3 heterocycles. The molecule has 0 fully saturated rings. The number of fused-ring (bicyclic) bond motifs is 1. The Morgan fingerprint density at radius 3 is 2.77 bits per heavy atom. The maximum Gasteiger partial charge on any atom is 0.277 e. The zero-order valence-electron chi connectivity index (χ0n) is 11.9. The lowest BCUT2D eigenvalue weighted by atomic mass is 10.1. The van der Waals surface area contributed by atoms with Crippen LogP contribution in [-0.4, -0.2) is 19.6 Å². The van der Waals surface area contributed by atoms with Gasteiger partial charge in [0.05, 0.1) is 11.4 Å². The zero-order chi connectivity index (χ0) is 15.9. The molecule has 5 nitrogen and oxygen atoms in total. The lowest BCUT2D eigenvalue weighted by Gasteiger charge is -2.04. The predicted molar refractivity (Wildman–Crippen MR) is 91.2 cm³/mol. The van der Waals surface area contributed by atoms with Crippen molar-refractivity contribution in [2.24, 2.45) is 0 Å². The molecule has 0 atom stereocenters. The van der Waals surface area contributed by atoms with Crippen LogP contribution >= 0.6 is 27.5 Å². The third-order valence-corrected chi connectivity index (χ3v) is 4.17. The van der Waals surface area contributed by atoms with E-state index in [1.165, 1.54) is 4.40 Å². The molecule has 0 aromatic carbocycles. The standard InChI is InChI=1S/C15H12BrClN4O/c1-8-11(9(2)20-19-8)4-5-12-14(17)15(22)21-7-10(16)3-6-13(21)18-12/h3-7H,1-2H3,(H,19,20). The number of aromatic amines is 1. The van der Waals surface area contributed by atoms with Crippen LogP contribution in [0.1, 0.15) is 22.6 Å². The molecule has 22 heavy (non-hydrogen) atoms. The Bertz CT molecular complexity index is 939. The minimum Gasteiger partial charge on any atom is -0.282 e. The van der Waals surface area contributed by atoms with E-state index in [-0.39, 0.29) is 10.6 Å². The molecule has 3 aromatic rings. The zero-order valence-corrected chi connectivity index (χ0v) is 14.2. The largest absolute Gasteiger partial charge is 0.282 e. The number of aryl methyl sites for hydroxylation is 2. The highest BCUT2D eigenvalue weighted by Gasteiger charge is 2.09. The van der Waals surface area contributed by atoms with Crippen LogP contribution in [0.5, 0.6) is 0 Å². The number of nitrogens with one attached hydrogen (secondary N) is 1. The minimum atomic E-state index is -0.298. The van der Waals surface area contributed by atoms with Crippen LogP contribution < -0.4 is 5.56 Å². The molecule has 0 bridgehead atoms. The average Bonchev–Trinajstić information content (AvgIpc) is 2.81. The fourth-order valence-corrected chi connectivity index (χ4v) is 2.72. The highest BCUT2D eigenvalue weighted by atomic mass is 79.9. The Hall–Kier alpha value is -1.92. The summed E-state index contributed by atoms with van der Waals surface area (Å²) in [5.74, 6) is 0. The van der Waals surface area contributed by atoms with Crippen molar-refractivity contribution in [3.05, 3.63) is 60.8 Å². The Kier molecular flexibility index (Phi) is 3.88. The van der Waals surface area contributed by atoms with Gasteiger partial charge in [0, 0.05) is 21.9 Å². The van der Waals surface area contributed by atoms with E-state index in [0.717, 1.165) is 21.4 Å². The van der Waals surface area contributed by atoms with Gasteiger partial charge in [0.25, 0.3) is 5.56 Å². The maximum absolute atomic E-state index is 12.3. The van der Waals surface area contributed by atoms with E-state index in [0.29, 0.717) is 11.3 Å². The number of rotatable bonds is 2. The number of nitrogens with zero attached hydrogens (tertiary/aromatic N) is 3. The fraction of sp³-hybridized carbons (Fsp3) is 0.133. The molecule has 0 saturated heterocycles. The van der Waals surface area contributed by atoms with E-state index >= 15 is 0 Å². The quantitative estimate of drug-likeness (QED) is 0.739. The molecule has 0 aliphatic heterocycles. The second-order valence-corrected chi connectivity index (χ2v) is 6.17. The summed E-state index contributed by atoms with van der Waals surface area (Å²) in [6.07, 6.45) is 5.24. The summed E-state index contributed by atoms with van der Waals surface area (Å²) >= 11 is 9.49. The first-order valence-corrected chi connectivity index (χ1v) is 7.71. The van der Waals surface area contributed by atoms with Gasteiger partial charge in [0.2, 0.25) is 0 Å². The molecule has 0 unspecified atom stereocenters. The summed E-state index contributed by atoms with van der Waals surface area (Å²) in [7, 11) is 0. The Morgan fingerprint density at radius 1 is 1.32 bits per heavy atom. The van der Waals surface area contributed by atoms with Gasteiger partial charge in [-0.1, -0.05) is 11.6 Å². The van der Waals surface area contributed by atoms with Gasteiger partial charge >= 0.3 is 0 Å². The van der Waals surface area contributed by atoms with Crippen molar-refractivity contribution in [3.8, 4) is 0 Å². The molecule has 0 spiro atoms. The molecule has 3 aromatic heterocycles. The second-order valence-electron chi connectivity index (χ2n) is 4.87. The summed E-state index contributed by atoms with van der Waals surface area (Å²) in [6.45, 7) is 3.84. The molecular formula is C15H12BrClN4O. The van der Waals surface area contributed by atoms with Crippen LogP contribution in [-0.2, 0) is 0 Å². The molecule has 7 heteroatoms. The Labute approximate surface area is 139 Å². The van der Waals surface area contributed by atoms with Crippen molar-refractivity contribution in [2.75, 3.05) is 0 Å². The number of pyridine rings is 1. The summed E-state index contributed by atoms with van der Waals surface area (Å²) in [5, 5.41) is 7.13. The van der Waals surface area contributed by atoms with Crippen LogP contribution in [0.2, 0.25) is 5.02 Å². The molecule has 0 amide bonds. The summed E-state index contributed by atoms with van der Waals surface area (Å²) in [5.41, 5.74) is 3.48. The number of hydrogen-bond acceptors (Lipinski definition) is 3. The van der Waals surface area contributed by atoms with Gasteiger partial charge in [-0.05, 0) is 54.1 Å². The molecule has 0 radical (unpaired) electrons. The van der Waals surface area contributed by atoms with Crippen LogP contribution in [0.15, 0.2) is 27.6 Å². The highest BCUT2D eigenvalue weighted by Crippen LogP contribution is 2.18. The van der Waals surface area contributed by atoms with Crippen molar-refractivity contribution in [1.29, 1.82) is 0 Å². The molecule has 0 saturated carbocycles. The van der Waals surface area contributed by atoms with Crippen LogP contribution in [0.3, 0.4) is 0 Å². The van der Waals surface area contributed by atoms with E-state index in [2.05, 4.69) is 31.1 Å². The van der Waals surface area contributed by atoms with Crippen molar-refractivity contribution >= 4 is 45.3 Å². The van der Waals surface area contributed by atoms with Crippen molar-refractivity contribution in [2.45, 2.75) is 13.8 Å². The first-order valence-electron chi connectivity index (χ1n) is 6.54. The van der Waals surface area contributed by atoms with Gasteiger partial charge in [0.15, 0.2) is 0 Å². The first kappa shape index (κ1) is 15.0. The summed E-state index contributed by atoms with van der Waals surface area (Å²) in [4.78, 5) is 16.7. The van der Waals surface area contributed by atoms with E-state index in [4.69, 9.17) is 11.6 Å². The van der Waals surface area contributed by atoms with Crippen molar-refractivity contribution < 1.29 is 0 Å². The number of H-pyrrole nitrogens is 1. The van der Waals surface area contributed by atoms with E-state index < -0.39 is 0 Å². The Balaban J connectivity index is 2.14. The van der Waals surface area contributed by atoms with Gasteiger partial charge in [-0.25, -0.2) is 4.98 Å². The maximum atomic E-state index is 12.3. The van der Waals surface area contributed by atoms with Gasteiger partial charge in [-0.2, -0.15) is 5.10 Å². The summed E-state index contributed by atoms with van der Waals surface area (Å²) < 4.78 is 2.20. The van der Waals surface area contributed by atoms with E-state index in [1.54, 1.807) is 18.3 Å². The number of halogens is 2. The van der Waals surface area contributed by atoms with Crippen molar-refractivity contribution in [1.82, 2.24) is 19.6 Å². The van der Waals surface area contributed by atoms with Gasteiger partial charge in [0.1, 0.15) is 10.7 Å². The molecule has 1 N–H and O–H groups in total. The van der Waals surface area contributed by atoms with Gasteiger partial charge < -0.3 is 0 Å². The van der Waals surface area contributed by atoms with Gasteiger partial charge in [-0.15, -0.1) is 0 Å². The molecular weight excluding hydrogens is 368 g/mol. The lowest BCUT2D eigenvalue weighted by Crippen LogP contribution is -2.16. The van der Waals surface area contributed by atoms with Crippen LogP contribution in [0, 0.1) is 13.8 Å². The lowest BCUT2D eigenvalue weighted by molar-refractivity contribution is 1.02. The first-order chi connectivity index (χ1) is 10.5. The third kappa shape index (κ3) is 2.60. The monoisotopic (exact) mass is 378 g/mol. The van der Waals surface area contributed by atoms with E-state index in [1.807, 2.05) is 26.0 Å². The minimum absolute atomic E-state index is 0.0886. The second kappa shape index (κ2) is 5.70. The highest BCUT2D eigenvalue weighted by molar-refractivity contribution is 9.10. The topological polar surface area (TPSA) is 63.1 Å². The predicted octanol–water partition coefficient (Wildman–Crippen LogP) is 3.62. The van der Waals surface area contributed by atoms with Gasteiger partial charge in [-0.3, -0.25) is 14.3 Å². The third-order valence-electron chi connectivity index (χ3n) is 3.35. The van der Waals surface area contributed by atoms with Crippen molar-refractivity contribution in [3.63, 3.8) is 0 Å². The number of aromatic nitrogens is 4. The van der Waals surface area contributed by atoms with Crippen LogP contribution in [0.25, 0.3) is 17.8 Å². The Morgan fingerprint density at radius 2 is 2.09 bits per heavy atom. The summed E-state index contributed by atoms with van der Waals surface area (Å²) in [6, 6.07) is 3.58. The smallest absolute Gasteiger partial charge is 0.277 e. The van der Waals surface area contributed by atoms with Crippen LogP contribution in [0.4, 0.5) is 0 Å². The molecule has 3 rings (SSSR count).